The molecule has 27 heavy (non-hydrogen) atoms. The molecule has 0 aromatic carbocycles. The van der Waals surface area contributed by atoms with Crippen LogP contribution in [0.1, 0.15) is 28.9 Å². The number of rotatable bonds is 5. The second-order valence-corrected chi connectivity index (χ2v) is 7.00. The van der Waals surface area contributed by atoms with Gasteiger partial charge in [-0.3, -0.25) is 9.78 Å². The molecular weight excluding hydrogens is 346 g/mol. The summed E-state index contributed by atoms with van der Waals surface area (Å²) in [7, 11) is 1.52. The van der Waals surface area contributed by atoms with Crippen molar-refractivity contribution >= 4 is 5.91 Å². The van der Waals surface area contributed by atoms with Gasteiger partial charge in [0.25, 0.3) is 5.91 Å². The van der Waals surface area contributed by atoms with E-state index in [1.54, 1.807) is 29.4 Å². The molecule has 2 aliphatic heterocycles. The largest absolute Gasteiger partial charge is 0.480 e. The summed E-state index contributed by atoms with van der Waals surface area (Å²) < 4.78 is 17.3. The Labute approximate surface area is 158 Å². The number of amides is 1. The first-order valence-corrected chi connectivity index (χ1v) is 9.13. The fourth-order valence-corrected chi connectivity index (χ4v) is 3.71. The van der Waals surface area contributed by atoms with E-state index in [-0.39, 0.29) is 17.6 Å². The summed E-state index contributed by atoms with van der Waals surface area (Å²) in [5.41, 5.74) is 1.10. The summed E-state index contributed by atoms with van der Waals surface area (Å²) in [5.74, 6) is 0.273. The van der Waals surface area contributed by atoms with Crippen molar-refractivity contribution in [1.82, 2.24) is 14.9 Å². The summed E-state index contributed by atoms with van der Waals surface area (Å²) in [6, 6.07) is 9.28. The Kier molecular flexibility index (Phi) is 5.05. The summed E-state index contributed by atoms with van der Waals surface area (Å²) >= 11 is 0. The molecule has 1 spiro atoms. The van der Waals surface area contributed by atoms with Gasteiger partial charge in [0, 0.05) is 25.4 Å². The number of nitrogens with zero attached hydrogens (tertiary/aromatic N) is 3. The van der Waals surface area contributed by atoms with Gasteiger partial charge in [-0.25, -0.2) is 4.98 Å². The molecule has 0 radical (unpaired) electrons. The molecule has 2 aliphatic rings. The number of carbonyl (C=O) groups is 1. The first-order chi connectivity index (χ1) is 13.2. The maximum absolute atomic E-state index is 12.7. The van der Waals surface area contributed by atoms with Crippen LogP contribution in [0.4, 0.5) is 0 Å². The Morgan fingerprint density at radius 3 is 2.89 bits per heavy atom. The Morgan fingerprint density at radius 2 is 2.11 bits per heavy atom. The van der Waals surface area contributed by atoms with Crippen molar-refractivity contribution in [3.8, 4) is 5.88 Å². The zero-order valence-corrected chi connectivity index (χ0v) is 15.3. The predicted molar refractivity (Wildman–Crippen MR) is 97.4 cm³/mol. The molecule has 2 fully saturated rings. The first kappa shape index (κ1) is 17.9. The smallest absolute Gasteiger partial charge is 0.259 e. The number of pyridine rings is 2. The van der Waals surface area contributed by atoms with E-state index in [9.17, 15) is 4.79 Å². The minimum absolute atomic E-state index is 0.0781. The highest BCUT2D eigenvalue weighted by Gasteiger charge is 2.50. The molecule has 4 rings (SSSR count). The van der Waals surface area contributed by atoms with E-state index in [0.29, 0.717) is 37.7 Å². The molecule has 0 N–H and O–H groups in total. The lowest BCUT2D eigenvalue weighted by Crippen LogP contribution is -2.67. The van der Waals surface area contributed by atoms with Crippen molar-refractivity contribution < 1.29 is 19.0 Å². The first-order valence-electron chi connectivity index (χ1n) is 9.13. The summed E-state index contributed by atoms with van der Waals surface area (Å²) in [6.07, 6.45) is 5.14. The normalized spacial score (nSPS) is 20.9. The number of aromatic nitrogens is 2. The fraction of sp³-hybridized carbons (Fsp3) is 0.450. The molecule has 142 valence electrons. The highest BCUT2D eigenvalue weighted by molar-refractivity contribution is 5.97. The van der Waals surface area contributed by atoms with Crippen LogP contribution in [0.2, 0.25) is 0 Å². The summed E-state index contributed by atoms with van der Waals surface area (Å²) in [4.78, 5) is 22.9. The quantitative estimate of drug-likeness (QED) is 0.803. The van der Waals surface area contributed by atoms with Gasteiger partial charge in [0.15, 0.2) is 0 Å². The highest BCUT2D eigenvalue weighted by Crippen LogP contribution is 2.36. The standard InChI is InChI=1S/C20H23N3O4/c1-25-18-17(6-4-9-22-18)19(24)23-13-20(14-23)11-16(7-10-27-20)26-12-15-5-2-3-8-21-15/h2-6,8-9,16H,7,10-14H2,1H3/t16-/m0/s1. The van der Waals surface area contributed by atoms with Gasteiger partial charge in [-0.2, -0.15) is 0 Å². The molecule has 0 saturated carbocycles. The SMILES string of the molecule is COc1ncccc1C(=O)N1CC2(C[C@@H](OCc3ccccn3)CCO2)C1. The Morgan fingerprint density at radius 1 is 1.26 bits per heavy atom. The van der Waals surface area contributed by atoms with E-state index in [4.69, 9.17) is 14.2 Å². The highest BCUT2D eigenvalue weighted by atomic mass is 16.5. The van der Waals surface area contributed by atoms with E-state index in [2.05, 4.69) is 9.97 Å². The average molecular weight is 369 g/mol. The monoisotopic (exact) mass is 369 g/mol. The van der Waals surface area contributed by atoms with Crippen molar-refractivity contribution in [2.75, 3.05) is 26.8 Å². The average Bonchev–Trinajstić information content (AvgIpc) is 2.71. The van der Waals surface area contributed by atoms with Gasteiger partial charge in [0.1, 0.15) is 11.2 Å². The Hall–Kier alpha value is -2.51. The zero-order chi connectivity index (χ0) is 18.7. The van der Waals surface area contributed by atoms with Crippen LogP contribution in [0.15, 0.2) is 42.7 Å². The lowest BCUT2D eigenvalue weighted by atomic mass is 9.84. The van der Waals surface area contributed by atoms with E-state index in [0.717, 1.165) is 18.5 Å². The Balaban J connectivity index is 1.33. The third-order valence-electron chi connectivity index (χ3n) is 5.08. The number of likely N-dealkylation sites (tertiary alicyclic amines) is 1. The molecular formula is C20H23N3O4. The van der Waals surface area contributed by atoms with Crippen LogP contribution in [0, 0.1) is 0 Å². The lowest BCUT2D eigenvalue weighted by molar-refractivity contribution is -0.188. The van der Waals surface area contributed by atoms with Crippen molar-refractivity contribution in [3.63, 3.8) is 0 Å². The molecule has 0 aliphatic carbocycles. The number of methoxy groups -OCH3 is 1. The van der Waals surface area contributed by atoms with E-state index in [1.807, 2.05) is 18.2 Å². The minimum Gasteiger partial charge on any atom is -0.480 e. The maximum Gasteiger partial charge on any atom is 0.259 e. The van der Waals surface area contributed by atoms with Crippen molar-refractivity contribution in [3.05, 3.63) is 54.0 Å². The van der Waals surface area contributed by atoms with Crippen LogP contribution in [-0.2, 0) is 16.1 Å². The van der Waals surface area contributed by atoms with Crippen LogP contribution >= 0.6 is 0 Å². The van der Waals surface area contributed by atoms with Gasteiger partial charge in [-0.05, 0) is 30.7 Å². The van der Waals surface area contributed by atoms with Crippen molar-refractivity contribution in [2.45, 2.75) is 31.2 Å². The predicted octanol–water partition coefficient (Wildman–Crippen LogP) is 2.08. The third-order valence-corrected chi connectivity index (χ3v) is 5.08. The molecule has 0 bridgehead atoms. The van der Waals surface area contributed by atoms with Crippen LogP contribution < -0.4 is 4.74 Å². The number of carbonyl (C=O) groups excluding carboxylic acids is 1. The molecule has 2 aromatic rings. The van der Waals surface area contributed by atoms with Gasteiger partial charge in [0.05, 0.1) is 38.6 Å². The summed E-state index contributed by atoms with van der Waals surface area (Å²) in [6.45, 7) is 2.27. The van der Waals surface area contributed by atoms with Gasteiger partial charge < -0.3 is 19.1 Å². The molecule has 0 unspecified atom stereocenters. The number of ether oxygens (including phenoxy) is 3. The molecule has 7 heteroatoms. The number of hydrogen-bond acceptors (Lipinski definition) is 6. The molecule has 1 amide bonds. The van der Waals surface area contributed by atoms with Crippen LogP contribution in [0.3, 0.4) is 0 Å². The van der Waals surface area contributed by atoms with E-state index < -0.39 is 0 Å². The topological polar surface area (TPSA) is 73.8 Å². The number of hydrogen-bond donors (Lipinski definition) is 0. The lowest BCUT2D eigenvalue weighted by Gasteiger charge is -2.53. The van der Waals surface area contributed by atoms with Crippen molar-refractivity contribution in [2.24, 2.45) is 0 Å². The molecule has 2 aromatic heterocycles. The zero-order valence-electron chi connectivity index (χ0n) is 15.3. The molecule has 1 atom stereocenters. The van der Waals surface area contributed by atoms with Gasteiger partial charge in [0.2, 0.25) is 5.88 Å². The minimum atomic E-state index is -0.307. The van der Waals surface area contributed by atoms with Crippen LogP contribution in [0.25, 0.3) is 0 Å². The fourth-order valence-electron chi connectivity index (χ4n) is 3.71. The second kappa shape index (κ2) is 7.62. The third kappa shape index (κ3) is 3.79. The van der Waals surface area contributed by atoms with Crippen LogP contribution in [0.5, 0.6) is 5.88 Å². The van der Waals surface area contributed by atoms with Gasteiger partial charge in [-0.1, -0.05) is 6.07 Å². The maximum atomic E-state index is 12.7. The van der Waals surface area contributed by atoms with Crippen LogP contribution in [-0.4, -0.2) is 59.3 Å². The van der Waals surface area contributed by atoms with Crippen molar-refractivity contribution in [1.29, 1.82) is 0 Å². The second-order valence-electron chi connectivity index (χ2n) is 7.00. The van der Waals surface area contributed by atoms with E-state index in [1.165, 1.54) is 7.11 Å². The molecule has 2 saturated heterocycles. The molecule has 4 heterocycles. The molecule has 7 nitrogen and oxygen atoms in total. The van der Waals surface area contributed by atoms with Gasteiger partial charge >= 0.3 is 0 Å². The van der Waals surface area contributed by atoms with E-state index >= 15 is 0 Å². The van der Waals surface area contributed by atoms with Gasteiger partial charge in [-0.15, -0.1) is 0 Å². The summed E-state index contributed by atoms with van der Waals surface area (Å²) in [5, 5.41) is 0. The Bertz CT molecular complexity index is 793.